The highest BCUT2D eigenvalue weighted by Crippen LogP contribution is 2.37. The molecule has 0 bridgehead atoms. The Morgan fingerprint density at radius 2 is 1.68 bits per heavy atom. The van der Waals surface area contributed by atoms with Crippen molar-refractivity contribution in [3.05, 3.63) is 59.6 Å². The Labute approximate surface area is 207 Å². The summed E-state index contributed by atoms with van der Waals surface area (Å²) in [6.45, 7) is 4.01. The predicted molar refractivity (Wildman–Crippen MR) is 133 cm³/mol. The van der Waals surface area contributed by atoms with E-state index in [9.17, 15) is 13.2 Å². The Kier molecular flexibility index (Phi) is 7.82. The Morgan fingerprint density at radius 3 is 2.35 bits per heavy atom. The van der Waals surface area contributed by atoms with Crippen molar-refractivity contribution in [1.29, 1.82) is 0 Å². The van der Waals surface area contributed by atoms with Gasteiger partial charge in [0.1, 0.15) is 5.75 Å². The number of benzene rings is 2. The van der Waals surface area contributed by atoms with Crippen molar-refractivity contribution in [1.82, 2.24) is 14.1 Å². The van der Waals surface area contributed by atoms with Crippen LogP contribution in [0.5, 0.6) is 5.75 Å². The molecular weight excluding hydrogens is 474 g/mol. The predicted octanol–water partition coefficient (Wildman–Crippen LogP) is 3.35. The van der Waals surface area contributed by atoms with Crippen LogP contribution in [0.1, 0.15) is 19.3 Å². The van der Waals surface area contributed by atoms with Crippen LogP contribution in [0.25, 0.3) is 0 Å². The number of para-hydroxylation sites is 1. The zero-order valence-electron chi connectivity index (χ0n) is 19.5. The van der Waals surface area contributed by atoms with Crippen LogP contribution in [-0.4, -0.2) is 81.4 Å². The van der Waals surface area contributed by atoms with E-state index in [4.69, 9.17) is 16.3 Å². The fourth-order valence-electron chi connectivity index (χ4n) is 4.68. The van der Waals surface area contributed by atoms with Gasteiger partial charge in [0.2, 0.25) is 15.9 Å². The summed E-state index contributed by atoms with van der Waals surface area (Å²) in [5, 5.41) is 0.487. The molecule has 2 aromatic rings. The second-order valence-electron chi connectivity index (χ2n) is 9.36. The lowest BCUT2D eigenvalue weighted by Gasteiger charge is -2.43. The SMILES string of the molecule is CN1CCN(C(=O)C[C@@]2(COc3ccccc3)CCCN(S(=O)(=O)c3ccc(Cl)cc3)C2)CC1. The molecule has 0 radical (unpaired) electrons. The number of rotatable bonds is 7. The molecule has 2 heterocycles. The minimum Gasteiger partial charge on any atom is -0.493 e. The molecule has 1 atom stereocenters. The highest BCUT2D eigenvalue weighted by molar-refractivity contribution is 7.89. The molecule has 0 aliphatic carbocycles. The van der Waals surface area contributed by atoms with Gasteiger partial charge in [-0.3, -0.25) is 4.79 Å². The first-order valence-electron chi connectivity index (χ1n) is 11.7. The van der Waals surface area contributed by atoms with Crippen molar-refractivity contribution >= 4 is 27.5 Å². The van der Waals surface area contributed by atoms with E-state index in [1.807, 2.05) is 35.2 Å². The molecule has 2 aliphatic rings. The lowest BCUT2D eigenvalue weighted by Crippen LogP contribution is -2.53. The van der Waals surface area contributed by atoms with Crippen molar-refractivity contribution in [2.75, 3.05) is 52.9 Å². The standard InChI is InChI=1S/C25H32ClN3O4S/c1-27-14-16-28(17-15-27)24(30)18-25(20-33-22-6-3-2-4-7-22)12-5-13-29(19-25)34(31,32)23-10-8-21(26)9-11-23/h2-4,6-11H,5,12-20H2,1H3/t25-/m0/s1. The van der Waals surface area contributed by atoms with Crippen molar-refractivity contribution in [2.24, 2.45) is 5.41 Å². The number of carbonyl (C=O) groups excluding carboxylic acids is 1. The van der Waals surface area contributed by atoms with Crippen molar-refractivity contribution < 1.29 is 17.9 Å². The van der Waals surface area contributed by atoms with E-state index in [1.54, 1.807) is 12.1 Å². The normalized spacial score (nSPS) is 22.5. The molecule has 9 heteroatoms. The third-order valence-corrected chi connectivity index (χ3v) is 8.86. The van der Waals surface area contributed by atoms with E-state index in [1.165, 1.54) is 16.4 Å². The summed E-state index contributed by atoms with van der Waals surface area (Å²) in [4.78, 5) is 17.6. The van der Waals surface area contributed by atoms with E-state index >= 15 is 0 Å². The molecule has 2 aromatic carbocycles. The number of ether oxygens (including phenoxy) is 1. The lowest BCUT2D eigenvalue weighted by molar-refractivity contribution is -0.136. The third-order valence-electron chi connectivity index (χ3n) is 6.75. The van der Waals surface area contributed by atoms with E-state index in [2.05, 4.69) is 11.9 Å². The van der Waals surface area contributed by atoms with Gasteiger partial charge >= 0.3 is 0 Å². The third kappa shape index (κ3) is 5.92. The van der Waals surface area contributed by atoms with Gasteiger partial charge in [-0.1, -0.05) is 29.8 Å². The van der Waals surface area contributed by atoms with Crippen LogP contribution in [0, 0.1) is 5.41 Å². The summed E-state index contributed by atoms with van der Waals surface area (Å²) in [5.74, 6) is 0.780. The Balaban J connectivity index is 1.56. The van der Waals surface area contributed by atoms with Crippen LogP contribution in [0.15, 0.2) is 59.5 Å². The molecule has 0 unspecified atom stereocenters. The molecule has 0 N–H and O–H groups in total. The number of halogens is 1. The Hall–Kier alpha value is -2.13. The number of piperidine rings is 1. The molecule has 7 nitrogen and oxygen atoms in total. The number of nitrogens with zero attached hydrogens (tertiary/aromatic N) is 3. The number of amides is 1. The van der Waals surface area contributed by atoms with Crippen molar-refractivity contribution in [2.45, 2.75) is 24.2 Å². The maximum atomic E-state index is 13.4. The molecule has 184 valence electrons. The molecule has 2 fully saturated rings. The van der Waals surface area contributed by atoms with Crippen molar-refractivity contribution in [3.8, 4) is 5.75 Å². The average Bonchev–Trinajstić information content (AvgIpc) is 2.84. The largest absolute Gasteiger partial charge is 0.493 e. The lowest BCUT2D eigenvalue weighted by atomic mass is 9.78. The van der Waals surface area contributed by atoms with E-state index < -0.39 is 15.4 Å². The van der Waals surface area contributed by atoms with Crippen LogP contribution in [-0.2, 0) is 14.8 Å². The highest BCUT2D eigenvalue weighted by Gasteiger charge is 2.43. The van der Waals surface area contributed by atoms with Gasteiger partial charge in [0.05, 0.1) is 11.5 Å². The van der Waals surface area contributed by atoms with E-state index in [0.29, 0.717) is 36.8 Å². The summed E-state index contributed by atoms with van der Waals surface area (Å²) in [5.41, 5.74) is -0.603. The molecule has 34 heavy (non-hydrogen) atoms. The molecule has 2 saturated heterocycles. The van der Waals surface area contributed by atoms with Gasteiger partial charge in [0.15, 0.2) is 0 Å². The number of piperazine rings is 1. The van der Waals surface area contributed by atoms with Crippen LogP contribution in [0.2, 0.25) is 5.02 Å². The topological polar surface area (TPSA) is 70.2 Å². The average molecular weight is 506 g/mol. The Morgan fingerprint density at radius 1 is 1.00 bits per heavy atom. The van der Waals surface area contributed by atoms with Gasteiger partial charge in [-0.25, -0.2) is 8.42 Å². The summed E-state index contributed by atoms with van der Waals surface area (Å²) in [6.07, 6.45) is 1.66. The zero-order valence-corrected chi connectivity index (χ0v) is 21.1. The maximum absolute atomic E-state index is 13.4. The van der Waals surface area contributed by atoms with Crippen molar-refractivity contribution in [3.63, 3.8) is 0 Å². The molecule has 1 amide bonds. The quantitative estimate of drug-likeness (QED) is 0.577. The first-order valence-corrected chi connectivity index (χ1v) is 13.5. The number of hydrogen-bond donors (Lipinski definition) is 0. The fourth-order valence-corrected chi connectivity index (χ4v) is 6.40. The second kappa shape index (κ2) is 10.6. The molecule has 0 aromatic heterocycles. The van der Waals surface area contributed by atoms with E-state index in [-0.39, 0.29) is 30.4 Å². The Bertz CT molecular complexity index is 1070. The highest BCUT2D eigenvalue weighted by atomic mass is 35.5. The van der Waals surface area contributed by atoms with Gasteiger partial charge < -0.3 is 14.5 Å². The number of hydrogen-bond acceptors (Lipinski definition) is 5. The van der Waals surface area contributed by atoms with Gasteiger partial charge in [-0.15, -0.1) is 0 Å². The number of carbonyl (C=O) groups is 1. The number of likely N-dealkylation sites (N-methyl/N-ethyl adjacent to an activating group) is 1. The zero-order chi connectivity index (χ0) is 24.2. The summed E-state index contributed by atoms with van der Waals surface area (Å²) in [7, 11) is -1.66. The first-order chi connectivity index (χ1) is 16.3. The smallest absolute Gasteiger partial charge is 0.243 e. The summed E-state index contributed by atoms with van der Waals surface area (Å²) >= 11 is 5.96. The summed E-state index contributed by atoms with van der Waals surface area (Å²) in [6, 6.07) is 15.7. The molecule has 0 saturated carbocycles. The molecule has 2 aliphatic heterocycles. The van der Waals surface area contributed by atoms with Crippen LogP contribution in [0.3, 0.4) is 0 Å². The van der Waals surface area contributed by atoms with Crippen LogP contribution in [0.4, 0.5) is 0 Å². The number of sulfonamides is 1. The minimum atomic E-state index is -3.71. The summed E-state index contributed by atoms with van der Waals surface area (Å²) < 4.78 is 34.5. The second-order valence-corrected chi connectivity index (χ2v) is 11.7. The molecular formula is C25H32ClN3O4S. The monoisotopic (exact) mass is 505 g/mol. The fraction of sp³-hybridized carbons (Fsp3) is 0.480. The maximum Gasteiger partial charge on any atom is 0.243 e. The minimum absolute atomic E-state index is 0.0653. The first kappa shape index (κ1) is 25.0. The van der Waals surface area contributed by atoms with Crippen LogP contribution >= 0.6 is 11.6 Å². The van der Waals surface area contributed by atoms with Gasteiger partial charge in [-0.05, 0) is 56.3 Å². The van der Waals surface area contributed by atoms with E-state index in [0.717, 1.165) is 19.5 Å². The van der Waals surface area contributed by atoms with Gasteiger partial charge in [0, 0.05) is 56.1 Å². The molecule has 4 rings (SSSR count). The van der Waals surface area contributed by atoms with Gasteiger partial charge in [0.25, 0.3) is 0 Å². The van der Waals surface area contributed by atoms with Crippen LogP contribution < -0.4 is 4.74 Å². The molecule has 0 spiro atoms. The van der Waals surface area contributed by atoms with Gasteiger partial charge in [-0.2, -0.15) is 4.31 Å².